The van der Waals surface area contributed by atoms with E-state index in [1.54, 1.807) is 17.8 Å². The van der Waals surface area contributed by atoms with Crippen LogP contribution < -0.4 is 5.32 Å². The Morgan fingerprint density at radius 2 is 2.20 bits per heavy atom. The summed E-state index contributed by atoms with van der Waals surface area (Å²) >= 11 is 13.8. The van der Waals surface area contributed by atoms with Crippen LogP contribution in [0.15, 0.2) is 18.2 Å². The Hall–Kier alpha value is -0.420. The van der Waals surface area contributed by atoms with Gasteiger partial charge in [0.1, 0.15) is 5.37 Å². The van der Waals surface area contributed by atoms with Crippen LogP contribution in [0.1, 0.15) is 24.8 Å². The second-order valence-electron chi connectivity index (χ2n) is 5.03. The first kappa shape index (κ1) is 16.0. The van der Waals surface area contributed by atoms with Crippen LogP contribution in [0.4, 0.5) is 0 Å². The predicted octanol–water partition coefficient (Wildman–Crippen LogP) is 3.57. The maximum absolute atomic E-state index is 12.0. The third-order valence-electron chi connectivity index (χ3n) is 3.10. The van der Waals surface area contributed by atoms with Crippen molar-refractivity contribution < 1.29 is 4.79 Å². The van der Waals surface area contributed by atoms with Gasteiger partial charge < -0.3 is 10.2 Å². The van der Waals surface area contributed by atoms with E-state index < -0.39 is 0 Å². The molecule has 1 heterocycles. The number of rotatable bonds is 5. The SMILES string of the molecule is CC(C)NCCN1C(=O)CSC1c1ccc(Cl)cc1Cl. The molecule has 1 saturated heterocycles. The molecule has 2 rings (SSSR count). The molecular weight excluding hydrogens is 315 g/mol. The van der Waals surface area contributed by atoms with E-state index in [0.29, 0.717) is 28.4 Å². The van der Waals surface area contributed by atoms with Crippen molar-refractivity contribution in [3.05, 3.63) is 33.8 Å². The summed E-state index contributed by atoms with van der Waals surface area (Å²) in [5, 5.41) is 4.55. The van der Waals surface area contributed by atoms with E-state index in [0.717, 1.165) is 12.1 Å². The van der Waals surface area contributed by atoms with Crippen LogP contribution in [-0.2, 0) is 4.79 Å². The number of benzene rings is 1. The Morgan fingerprint density at radius 1 is 1.45 bits per heavy atom. The van der Waals surface area contributed by atoms with Gasteiger partial charge in [-0.3, -0.25) is 4.79 Å². The van der Waals surface area contributed by atoms with Gasteiger partial charge in [0, 0.05) is 34.7 Å². The molecule has 1 atom stereocenters. The number of amides is 1. The van der Waals surface area contributed by atoms with Gasteiger partial charge in [0.25, 0.3) is 0 Å². The van der Waals surface area contributed by atoms with Crippen molar-refractivity contribution in [3.63, 3.8) is 0 Å². The standard InChI is InChI=1S/C14H18Cl2N2OS/c1-9(2)17-5-6-18-13(19)8-20-14(18)11-4-3-10(15)7-12(11)16/h3-4,7,9,14,17H,5-6,8H2,1-2H3. The van der Waals surface area contributed by atoms with Gasteiger partial charge in [0.15, 0.2) is 0 Å². The van der Waals surface area contributed by atoms with Crippen LogP contribution in [0.5, 0.6) is 0 Å². The summed E-state index contributed by atoms with van der Waals surface area (Å²) in [6, 6.07) is 5.87. The minimum Gasteiger partial charge on any atom is -0.325 e. The molecule has 6 heteroatoms. The third-order valence-corrected chi connectivity index (χ3v) is 4.90. The van der Waals surface area contributed by atoms with E-state index in [1.807, 2.05) is 17.0 Å². The molecule has 0 bridgehead atoms. The fraction of sp³-hybridized carbons (Fsp3) is 0.500. The van der Waals surface area contributed by atoms with Crippen molar-refractivity contribution in [1.29, 1.82) is 0 Å². The van der Waals surface area contributed by atoms with Crippen molar-refractivity contribution in [2.45, 2.75) is 25.3 Å². The summed E-state index contributed by atoms with van der Waals surface area (Å²) in [6.07, 6.45) is 0. The van der Waals surface area contributed by atoms with E-state index in [1.165, 1.54) is 0 Å². The molecule has 0 radical (unpaired) electrons. The quantitative estimate of drug-likeness (QED) is 0.894. The van der Waals surface area contributed by atoms with E-state index in [9.17, 15) is 4.79 Å². The number of thioether (sulfide) groups is 1. The monoisotopic (exact) mass is 332 g/mol. The lowest BCUT2D eigenvalue weighted by Gasteiger charge is -2.25. The molecular formula is C14H18Cl2N2OS. The van der Waals surface area contributed by atoms with Crippen LogP contribution in [0.25, 0.3) is 0 Å². The molecule has 0 spiro atoms. The minimum atomic E-state index is -0.0128. The maximum Gasteiger partial charge on any atom is 0.233 e. The Balaban J connectivity index is 2.11. The van der Waals surface area contributed by atoms with Crippen molar-refractivity contribution in [3.8, 4) is 0 Å². The first-order chi connectivity index (χ1) is 9.49. The van der Waals surface area contributed by atoms with Gasteiger partial charge >= 0.3 is 0 Å². The second-order valence-corrected chi connectivity index (χ2v) is 6.94. The van der Waals surface area contributed by atoms with Crippen LogP contribution in [0.2, 0.25) is 10.0 Å². The van der Waals surface area contributed by atoms with Crippen molar-refractivity contribution in [2.24, 2.45) is 0 Å². The number of carbonyl (C=O) groups excluding carboxylic acids is 1. The number of halogens is 2. The number of nitrogens with one attached hydrogen (secondary N) is 1. The maximum atomic E-state index is 12.0. The van der Waals surface area contributed by atoms with Gasteiger partial charge in [-0.2, -0.15) is 0 Å². The summed E-state index contributed by atoms with van der Waals surface area (Å²) in [6.45, 7) is 5.65. The average Bonchev–Trinajstić information content (AvgIpc) is 2.71. The molecule has 0 saturated carbocycles. The summed E-state index contributed by atoms with van der Waals surface area (Å²) in [7, 11) is 0. The van der Waals surface area contributed by atoms with Crippen molar-refractivity contribution >= 4 is 40.9 Å². The molecule has 1 N–H and O–H groups in total. The minimum absolute atomic E-state index is 0.0128. The molecule has 1 unspecified atom stereocenters. The third kappa shape index (κ3) is 3.82. The zero-order valence-corrected chi connectivity index (χ0v) is 13.9. The molecule has 0 aliphatic carbocycles. The highest BCUT2D eigenvalue weighted by Gasteiger charge is 2.33. The normalized spacial score (nSPS) is 19.1. The first-order valence-corrected chi connectivity index (χ1v) is 8.39. The second kappa shape index (κ2) is 7.03. The van der Waals surface area contributed by atoms with Gasteiger partial charge in [-0.05, 0) is 12.1 Å². The van der Waals surface area contributed by atoms with Gasteiger partial charge in [0.2, 0.25) is 5.91 Å². The number of nitrogens with zero attached hydrogens (tertiary/aromatic N) is 1. The highest BCUT2D eigenvalue weighted by atomic mass is 35.5. The molecule has 1 aliphatic heterocycles. The van der Waals surface area contributed by atoms with Crippen LogP contribution >= 0.6 is 35.0 Å². The molecule has 3 nitrogen and oxygen atoms in total. The van der Waals surface area contributed by atoms with Gasteiger partial charge in [0.05, 0.1) is 5.75 Å². The topological polar surface area (TPSA) is 32.3 Å². The van der Waals surface area contributed by atoms with E-state index >= 15 is 0 Å². The zero-order chi connectivity index (χ0) is 14.7. The Kier molecular flexibility index (Phi) is 5.61. The highest BCUT2D eigenvalue weighted by molar-refractivity contribution is 8.00. The molecule has 110 valence electrons. The fourth-order valence-corrected chi connectivity index (χ4v) is 3.96. The fourth-order valence-electron chi connectivity index (χ4n) is 2.13. The van der Waals surface area contributed by atoms with Gasteiger partial charge in [-0.1, -0.05) is 43.1 Å². The van der Waals surface area contributed by atoms with Crippen LogP contribution in [-0.4, -0.2) is 35.7 Å². The molecule has 1 amide bonds. The Labute approximate surface area is 134 Å². The number of hydrogen-bond donors (Lipinski definition) is 1. The van der Waals surface area contributed by atoms with E-state index in [-0.39, 0.29) is 11.3 Å². The smallest absolute Gasteiger partial charge is 0.233 e. The van der Waals surface area contributed by atoms with E-state index in [4.69, 9.17) is 23.2 Å². The molecule has 1 aromatic carbocycles. The van der Waals surface area contributed by atoms with Crippen LogP contribution in [0, 0.1) is 0 Å². The molecule has 1 aromatic rings. The van der Waals surface area contributed by atoms with Crippen LogP contribution in [0.3, 0.4) is 0 Å². The van der Waals surface area contributed by atoms with Gasteiger partial charge in [-0.25, -0.2) is 0 Å². The highest BCUT2D eigenvalue weighted by Crippen LogP contribution is 2.41. The predicted molar refractivity (Wildman–Crippen MR) is 86.5 cm³/mol. The molecule has 0 aromatic heterocycles. The number of hydrogen-bond acceptors (Lipinski definition) is 3. The summed E-state index contributed by atoms with van der Waals surface area (Å²) in [4.78, 5) is 13.9. The zero-order valence-electron chi connectivity index (χ0n) is 11.5. The lowest BCUT2D eigenvalue weighted by molar-refractivity contribution is -0.128. The lowest BCUT2D eigenvalue weighted by Crippen LogP contribution is -2.37. The van der Waals surface area contributed by atoms with Crippen molar-refractivity contribution in [2.75, 3.05) is 18.8 Å². The summed E-state index contributed by atoms with van der Waals surface area (Å²) in [5.41, 5.74) is 0.955. The average molecular weight is 333 g/mol. The summed E-state index contributed by atoms with van der Waals surface area (Å²) in [5.74, 6) is 0.669. The van der Waals surface area contributed by atoms with E-state index in [2.05, 4.69) is 19.2 Å². The Morgan fingerprint density at radius 3 is 2.85 bits per heavy atom. The lowest BCUT2D eigenvalue weighted by atomic mass is 10.2. The molecule has 20 heavy (non-hydrogen) atoms. The van der Waals surface area contributed by atoms with Crippen molar-refractivity contribution in [1.82, 2.24) is 10.2 Å². The molecule has 1 fully saturated rings. The summed E-state index contributed by atoms with van der Waals surface area (Å²) < 4.78 is 0. The molecule has 1 aliphatic rings. The first-order valence-electron chi connectivity index (χ1n) is 6.58. The van der Waals surface area contributed by atoms with Gasteiger partial charge in [-0.15, -0.1) is 11.8 Å². The largest absolute Gasteiger partial charge is 0.325 e. The Bertz CT molecular complexity index is 496. The number of carbonyl (C=O) groups is 1.